The number of carbonyl (C=O) groups is 2. The SMILES string of the molecule is O=C(NCc1ccccc1Cl)c1ccnc(C(=O)NC2CC2)c1. The van der Waals surface area contributed by atoms with E-state index in [1.54, 1.807) is 12.1 Å². The molecule has 1 aliphatic carbocycles. The molecule has 2 amide bonds. The Morgan fingerprint density at radius 2 is 1.96 bits per heavy atom. The van der Waals surface area contributed by atoms with Gasteiger partial charge in [-0.15, -0.1) is 0 Å². The number of benzene rings is 1. The molecule has 118 valence electrons. The molecule has 0 aliphatic heterocycles. The zero-order chi connectivity index (χ0) is 16.2. The van der Waals surface area contributed by atoms with Gasteiger partial charge >= 0.3 is 0 Å². The average Bonchev–Trinajstić information content (AvgIpc) is 3.38. The molecule has 2 N–H and O–H groups in total. The number of aromatic nitrogens is 1. The Morgan fingerprint density at radius 3 is 2.70 bits per heavy atom. The first-order valence-electron chi connectivity index (χ1n) is 7.42. The number of amides is 2. The van der Waals surface area contributed by atoms with Crippen molar-refractivity contribution in [3.63, 3.8) is 0 Å². The van der Waals surface area contributed by atoms with Gasteiger partial charge in [0.25, 0.3) is 11.8 Å². The molecule has 1 aliphatic rings. The first kappa shape index (κ1) is 15.5. The van der Waals surface area contributed by atoms with Crippen molar-refractivity contribution < 1.29 is 9.59 Å². The molecule has 2 aromatic rings. The molecule has 1 fully saturated rings. The molecule has 1 aromatic carbocycles. The minimum atomic E-state index is -0.271. The van der Waals surface area contributed by atoms with Gasteiger partial charge in [0.05, 0.1) is 0 Å². The number of nitrogens with one attached hydrogen (secondary N) is 2. The Kier molecular flexibility index (Phi) is 4.57. The van der Waals surface area contributed by atoms with Crippen LogP contribution < -0.4 is 10.6 Å². The lowest BCUT2D eigenvalue weighted by atomic mass is 10.2. The minimum absolute atomic E-state index is 0.242. The van der Waals surface area contributed by atoms with E-state index in [2.05, 4.69) is 15.6 Å². The largest absolute Gasteiger partial charge is 0.348 e. The quantitative estimate of drug-likeness (QED) is 0.885. The Morgan fingerprint density at radius 1 is 1.17 bits per heavy atom. The number of rotatable bonds is 5. The van der Waals surface area contributed by atoms with Crippen LogP contribution in [-0.2, 0) is 6.54 Å². The fourth-order valence-corrected chi connectivity index (χ4v) is 2.30. The second-order valence-corrected chi connectivity index (χ2v) is 5.86. The van der Waals surface area contributed by atoms with Gasteiger partial charge in [0, 0.05) is 29.4 Å². The number of halogens is 1. The van der Waals surface area contributed by atoms with Gasteiger partial charge in [-0.2, -0.15) is 0 Å². The summed E-state index contributed by atoms with van der Waals surface area (Å²) >= 11 is 6.06. The van der Waals surface area contributed by atoms with Crippen LogP contribution in [0, 0.1) is 0 Å². The molecule has 0 radical (unpaired) electrons. The predicted molar refractivity (Wildman–Crippen MR) is 87.3 cm³/mol. The Hall–Kier alpha value is -2.40. The summed E-state index contributed by atoms with van der Waals surface area (Å²) < 4.78 is 0. The molecule has 0 unspecified atom stereocenters. The summed E-state index contributed by atoms with van der Waals surface area (Å²) in [4.78, 5) is 28.2. The molecule has 23 heavy (non-hydrogen) atoms. The normalized spacial score (nSPS) is 13.4. The van der Waals surface area contributed by atoms with Gasteiger partial charge in [-0.1, -0.05) is 29.8 Å². The van der Waals surface area contributed by atoms with Crippen LogP contribution in [0.15, 0.2) is 42.6 Å². The lowest BCUT2D eigenvalue weighted by Crippen LogP contribution is -2.27. The van der Waals surface area contributed by atoms with Crippen molar-refractivity contribution in [2.24, 2.45) is 0 Å². The summed E-state index contributed by atoms with van der Waals surface area (Å²) in [5.41, 5.74) is 1.48. The minimum Gasteiger partial charge on any atom is -0.348 e. The van der Waals surface area contributed by atoms with E-state index in [1.807, 2.05) is 18.2 Å². The predicted octanol–water partition coefficient (Wildman–Crippen LogP) is 2.56. The molecular formula is C17H16ClN3O2. The summed E-state index contributed by atoms with van der Waals surface area (Å²) in [6, 6.07) is 10.7. The van der Waals surface area contributed by atoms with Crippen LogP contribution in [0.25, 0.3) is 0 Å². The first-order chi connectivity index (χ1) is 11.1. The summed E-state index contributed by atoms with van der Waals surface area (Å²) in [6.45, 7) is 0.324. The average molecular weight is 330 g/mol. The fraction of sp³-hybridized carbons (Fsp3) is 0.235. The molecule has 0 saturated heterocycles. The van der Waals surface area contributed by atoms with Crippen LogP contribution in [0.5, 0.6) is 0 Å². The van der Waals surface area contributed by atoms with E-state index in [9.17, 15) is 9.59 Å². The van der Waals surface area contributed by atoms with E-state index in [0.29, 0.717) is 17.1 Å². The third kappa shape index (κ3) is 4.07. The number of pyridine rings is 1. The Bertz CT molecular complexity index is 744. The van der Waals surface area contributed by atoms with Gasteiger partial charge in [-0.25, -0.2) is 0 Å². The lowest BCUT2D eigenvalue weighted by Gasteiger charge is -2.08. The maximum absolute atomic E-state index is 12.2. The Balaban J connectivity index is 1.65. The number of carbonyl (C=O) groups excluding carboxylic acids is 2. The second-order valence-electron chi connectivity index (χ2n) is 5.45. The highest BCUT2D eigenvalue weighted by atomic mass is 35.5. The van der Waals surface area contributed by atoms with Crippen LogP contribution in [0.1, 0.15) is 39.3 Å². The van der Waals surface area contributed by atoms with Crippen LogP contribution in [0.4, 0.5) is 0 Å². The standard InChI is InChI=1S/C17H16ClN3O2/c18-14-4-2-1-3-12(14)10-20-16(22)11-7-8-19-15(9-11)17(23)21-13-5-6-13/h1-4,7-9,13H,5-6,10H2,(H,20,22)(H,21,23). The van der Waals surface area contributed by atoms with Gasteiger partial charge in [0.1, 0.15) is 5.69 Å². The van der Waals surface area contributed by atoms with Crippen molar-refractivity contribution in [2.45, 2.75) is 25.4 Å². The number of hydrogen-bond acceptors (Lipinski definition) is 3. The summed E-state index contributed by atoms with van der Waals surface area (Å²) in [6.07, 6.45) is 3.47. The molecule has 1 saturated carbocycles. The van der Waals surface area contributed by atoms with Crippen molar-refractivity contribution in [3.05, 3.63) is 64.4 Å². The maximum Gasteiger partial charge on any atom is 0.270 e. The Labute approximate surface area is 139 Å². The van der Waals surface area contributed by atoms with Crippen LogP contribution in [0.3, 0.4) is 0 Å². The summed E-state index contributed by atoms with van der Waals surface area (Å²) in [5.74, 6) is -0.513. The van der Waals surface area contributed by atoms with Crippen molar-refractivity contribution in [1.29, 1.82) is 0 Å². The monoisotopic (exact) mass is 329 g/mol. The van der Waals surface area contributed by atoms with E-state index in [0.717, 1.165) is 18.4 Å². The van der Waals surface area contributed by atoms with Gasteiger partial charge < -0.3 is 10.6 Å². The zero-order valence-electron chi connectivity index (χ0n) is 12.4. The van der Waals surface area contributed by atoms with Gasteiger partial charge in [-0.3, -0.25) is 14.6 Å². The smallest absolute Gasteiger partial charge is 0.270 e. The van der Waals surface area contributed by atoms with E-state index in [-0.39, 0.29) is 23.6 Å². The van der Waals surface area contributed by atoms with Gasteiger partial charge in [0.2, 0.25) is 0 Å². The van der Waals surface area contributed by atoms with Crippen molar-refractivity contribution in [3.8, 4) is 0 Å². The summed E-state index contributed by atoms with van der Waals surface area (Å²) in [7, 11) is 0. The highest BCUT2D eigenvalue weighted by Crippen LogP contribution is 2.19. The van der Waals surface area contributed by atoms with Gasteiger partial charge in [0.15, 0.2) is 0 Å². The number of nitrogens with zero attached hydrogens (tertiary/aromatic N) is 1. The van der Waals surface area contributed by atoms with Crippen molar-refractivity contribution in [1.82, 2.24) is 15.6 Å². The van der Waals surface area contributed by atoms with E-state index in [1.165, 1.54) is 12.3 Å². The van der Waals surface area contributed by atoms with E-state index < -0.39 is 0 Å². The van der Waals surface area contributed by atoms with E-state index in [4.69, 9.17) is 11.6 Å². The first-order valence-corrected chi connectivity index (χ1v) is 7.80. The van der Waals surface area contributed by atoms with E-state index >= 15 is 0 Å². The highest BCUT2D eigenvalue weighted by molar-refractivity contribution is 6.31. The number of hydrogen-bond donors (Lipinski definition) is 2. The fourth-order valence-electron chi connectivity index (χ4n) is 2.10. The van der Waals surface area contributed by atoms with Crippen LogP contribution in [-0.4, -0.2) is 22.8 Å². The molecule has 5 nitrogen and oxygen atoms in total. The molecule has 6 heteroatoms. The summed E-state index contributed by atoms with van der Waals surface area (Å²) in [5, 5.41) is 6.25. The molecule has 0 atom stereocenters. The van der Waals surface area contributed by atoms with Gasteiger partial charge in [-0.05, 0) is 36.6 Å². The van der Waals surface area contributed by atoms with Crippen molar-refractivity contribution in [2.75, 3.05) is 0 Å². The molecule has 0 bridgehead atoms. The molecular weight excluding hydrogens is 314 g/mol. The zero-order valence-corrected chi connectivity index (χ0v) is 13.1. The molecule has 1 heterocycles. The maximum atomic E-state index is 12.2. The van der Waals surface area contributed by atoms with Crippen LogP contribution >= 0.6 is 11.6 Å². The highest BCUT2D eigenvalue weighted by Gasteiger charge is 2.24. The third-order valence-electron chi connectivity index (χ3n) is 3.56. The molecule has 1 aromatic heterocycles. The molecule has 3 rings (SSSR count). The molecule has 0 spiro atoms. The lowest BCUT2D eigenvalue weighted by molar-refractivity contribution is 0.0946. The second kappa shape index (κ2) is 6.79. The van der Waals surface area contributed by atoms with Crippen LogP contribution in [0.2, 0.25) is 5.02 Å². The third-order valence-corrected chi connectivity index (χ3v) is 3.93. The topological polar surface area (TPSA) is 71.1 Å². The van der Waals surface area contributed by atoms with Crippen molar-refractivity contribution >= 4 is 23.4 Å².